The van der Waals surface area contributed by atoms with Crippen LogP contribution in [0.4, 0.5) is 36.3 Å². The SMILES string of the molecule is CCCCCc1ccc(Nc2ncc(C(F)(F)F)c(Nc3cccc(CC)c3)n2)cc1. The van der Waals surface area contributed by atoms with Crippen molar-refractivity contribution in [1.82, 2.24) is 9.97 Å². The second kappa shape index (κ2) is 10.3. The van der Waals surface area contributed by atoms with Gasteiger partial charge in [-0.05, 0) is 54.7 Å². The number of alkyl halides is 3. The van der Waals surface area contributed by atoms with E-state index in [0.29, 0.717) is 5.69 Å². The van der Waals surface area contributed by atoms with E-state index in [1.54, 1.807) is 12.1 Å². The van der Waals surface area contributed by atoms with Crippen LogP contribution in [0.1, 0.15) is 49.8 Å². The van der Waals surface area contributed by atoms with Gasteiger partial charge in [0.25, 0.3) is 0 Å². The maximum Gasteiger partial charge on any atom is 0.421 e. The summed E-state index contributed by atoms with van der Waals surface area (Å²) < 4.78 is 40.5. The van der Waals surface area contributed by atoms with Crippen molar-refractivity contribution in [3.63, 3.8) is 0 Å². The Kier molecular flexibility index (Phi) is 7.50. The Balaban J connectivity index is 1.81. The first-order valence-electron chi connectivity index (χ1n) is 10.5. The lowest BCUT2D eigenvalue weighted by Gasteiger charge is -2.15. The van der Waals surface area contributed by atoms with Crippen LogP contribution in [-0.4, -0.2) is 9.97 Å². The van der Waals surface area contributed by atoms with Gasteiger partial charge in [0.1, 0.15) is 11.4 Å². The Morgan fingerprint density at radius 2 is 1.65 bits per heavy atom. The second-order valence-corrected chi connectivity index (χ2v) is 7.41. The molecular formula is C24H27F3N4. The van der Waals surface area contributed by atoms with Gasteiger partial charge in [-0.25, -0.2) is 4.98 Å². The van der Waals surface area contributed by atoms with Gasteiger partial charge in [0.15, 0.2) is 0 Å². The van der Waals surface area contributed by atoms with Crippen molar-refractivity contribution in [3.8, 4) is 0 Å². The summed E-state index contributed by atoms with van der Waals surface area (Å²) in [6.45, 7) is 4.16. The number of unbranched alkanes of at least 4 members (excludes halogenated alkanes) is 2. The lowest BCUT2D eigenvalue weighted by atomic mass is 10.1. The number of nitrogens with one attached hydrogen (secondary N) is 2. The highest BCUT2D eigenvalue weighted by molar-refractivity contribution is 5.63. The van der Waals surface area contributed by atoms with Gasteiger partial charge in [-0.3, -0.25) is 0 Å². The molecule has 0 spiro atoms. The topological polar surface area (TPSA) is 49.8 Å². The van der Waals surface area contributed by atoms with Gasteiger partial charge >= 0.3 is 6.18 Å². The highest BCUT2D eigenvalue weighted by Gasteiger charge is 2.35. The molecule has 0 aliphatic heterocycles. The molecule has 1 heterocycles. The zero-order valence-electron chi connectivity index (χ0n) is 17.8. The Morgan fingerprint density at radius 3 is 2.32 bits per heavy atom. The number of rotatable bonds is 9. The van der Waals surface area contributed by atoms with Gasteiger partial charge in [-0.1, -0.05) is 51.0 Å². The van der Waals surface area contributed by atoms with Crippen LogP contribution >= 0.6 is 0 Å². The Bertz CT molecular complexity index is 985. The van der Waals surface area contributed by atoms with Crippen LogP contribution in [0.15, 0.2) is 54.7 Å². The van der Waals surface area contributed by atoms with Gasteiger partial charge in [0.2, 0.25) is 5.95 Å². The van der Waals surface area contributed by atoms with Gasteiger partial charge in [-0.2, -0.15) is 18.2 Å². The number of aryl methyl sites for hydroxylation is 2. The molecule has 31 heavy (non-hydrogen) atoms. The molecule has 3 rings (SSSR count). The summed E-state index contributed by atoms with van der Waals surface area (Å²) in [5.74, 6) is -0.185. The molecule has 0 fully saturated rings. The molecule has 0 bridgehead atoms. The van der Waals surface area contributed by atoms with Crippen LogP contribution in [0, 0.1) is 0 Å². The number of nitrogens with zero attached hydrogens (tertiary/aromatic N) is 2. The molecule has 1 aromatic heterocycles. The summed E-state index contributed by atoms with van der Waals surface area (Å²) in [6, 6.07) is 15.1. The Hall–Kier alpha value is -3.09. The first-order valence-corrected chi connectivity index (χ1v) is 10.5. The van der Waals surface area contributed by atoms with Gasteiger partial charge in [0, 0.05) is 17.6 Å². The van der Waals surface area contributed by atoms with Crippen LogP contribution in [-0.2, 0) is 19.0 Å². The predicted molar refractivity (Wildman–Crippen MR) is 119 cm³/mol. The van der Waals surface area contributed by atoms with E-state index in [1.165, 1.54) is 18.4 Å². The van der Waals surface area contributed by atoms with Crippen LogP contribution in [0.3, 0.4) is 0 Å². The van der Waals surface area contributed by atoms with E-state index < -0.39 is 11.7 Å². The van der Waals surface area contributed by atoms with Crippen molar-refractivity contribution in [2.75, 3.05) is 10.6 Å². The zero-order chi connectivity index (χ0) is 22.3. The van der Waals surface area contributed by atoms with E-state index in [-0.39, 0.29) is 11.8 Å². The molecular weight excluding hydrogens is 401 g/mol. The molecule has 0 radical (unpaired) electrons. The third kappa shape index (κ3) is 6.44. The summed E-state index contributed by atoms with van der Waals surface area (Å²) >= 11 is 0. The molecule has 0 saturated carbocycles. The molecule has 0 aliphatic carbocycles. The largest absolute Gasteiger partial charge is 0.421 e. The molecule has 0 saturated heterocycles. The van der Waals surface area contributed by atoms with Crippen LogP contribution in [0.5, 0.6) is 0 Å². The van der Waals surface area contributed by atoms with E-state index in [4.69, 9.17) is 0 Å². The fraction of sp³-hybridized carbons (Fsp3) is 0.333. The molecule has 0 unspecified atom stereocenters. The average molecular weight is 429 g/mol. The molecule has 2 aromatic carbocycles. The van der Waals surface area contributed by atoms with Crippen molar-refractivity contribution in [1.29, 1.82) is 0 Å². The van der Waals surface area contributed by atoms with Crippen LogP contribution in [0.2, 0.25) is 0 Å². The summed E-state index contributed by atoms with van der Waals surface area (Å²) in [6.07, 6.45) is 1.53. The summed E-state index contributed by atoms with van der Waals surface area (Å²) in [7, 11) is 0. The van der Waals surface area contributed by atoms with E-state index in [1.807, 2.05) is 43.3 Å². The van der Waals surface area contributed by atoms with Gasteiger partial charge in [0.05, 0.1) is 0 Å². The normalized spacial score (nSPS) is 11.4. The predicted octanol–water partition coefficient (Wildman–Crippen LogP) is 7.28. The second-order valence-electron chi connectivity index (χ2n) is 7.41. The minimum absolute atomic E-state index is 0.0980. The van der Waals surface area contributed by atoms with Crippen LogP contribution in [0.25, 0.3) is 0 Å². The molecule has 4 nitrogen and oxygen atoms in total. The van der Waals surface area contributed by atoms with Crippen molar-refractivity contribution in [2.24, 2.45) is 0 Å². The molecule has 7 heteroatoms. The van der Waals surface area contributed by atoms with E-state index >= 15 is 0 Å². The highest BCUT2D eigenvalue weighted by atomic mass is 19.4. The van der Waals surface area contributed by atoms with Crippen LogP contribution < -0.4 is 10.6 Å². The number of anilines is 4. The van der Waals surface area contributed by atoms with Crippen molar-refractivity contribution >= 4 is 23.1 Å². The molecule has 0 amide bonds. The maximum absolute atomic E-state index is 13.5. The minimum Gasteiger partial charge on any atom is -0.340 e. The van der Waals surface area contributed by atoms with E-state index in [9.17, 15) is 13.2 Å². The lowest BCUT2D eigenvalue weighted by molar-refractivity contribution is -0.137. The standard InChI is InChI=1S/C24H27F3N4/c1-3-5-6-8-18-11-13-19(14-12-18)30-23-28-16-21(24(25,26)27)22(31-23)29-20-10-7-9-17(4-2)15-20/h7,9-16H,3-6,8H2,1-2H3,(H2,28,29,30,31). The molecule has 0 atom stereocenters. The van der Waals surface area contributed by atoms with E-state index in [2.05, 4.69) is 27.5 Å². The van der Waals surface area contributed by atoms with Crippen molar-refractivity contribution in [3.05, 3.63) is 71.4 Å². The van der Waals surface area contributed by atoms with Crippen molar-refractivity contribution < 1.29 is 13.2 Å². The fourth-order valence-corrected chi connectivity index (χ4v) is 3.21. The number of hydrogen-bond donors (Lipinski definition) is 2. The smallest absolute Gasteiger partial charge is 0.340 e. The zero-order valence-corrected chi connectivity index (χ0v) is 17.8. The first-order chi connectivity index (χ1) is 14.9. The molecule has 3 aromatic rings. The molecule has 2 N–H and O–H groups in total. The minimum atomic E-state index is -4.57. The number of aromatic nitrogens is 2. The van der Waals surface area contributed by atoms with Gasteiger partial charge < -0.3 is 10.6 Å². The quantitative estimate of drug-likeness (QED) is 0.352. The summed E-state index contributed by atoms with van der Waals surface area (Å²) in [5, 5.41) is 5.80. The monoisotopic (exact) mass is 428 g/mol. The Labute approximate surface area is 181 Å². The maximum atomic E-state index is 13.5. The third-order valence-corrected chi connectivity index (χ3v) is 4.97. The lowest BCUT2D eigenvalue weighted by Crippen LogP contribution is -2.12. The van der Waals surface area contributed by atoms with E-state index in [0.717, 1.165) is 36.7 Å². The fourth-order valence-electron chi connectivity index (χ4n) is 3.21. The van der Waals surface area contributed by atoms with Gasteiger partial charge in [-0.15, -0.1) is 0 Å². The summed E-state index contributed by atoms with van der Waals surface area (Å²) in [5.41, 5.74) is 2.60. The van der Waals surface area contributed by atoms with Crippen molar-refractivity contribution in [2.45, 2.75) is 52.1 Å². The molecule has 164 valence electrons. The third-order valence-electron chi connectivity index (χ3n) is 4.97. The number of halogens is 3. The highest BCUT2D eigenvalue weighted by Crippen LogP contribution is 2.35. The molecule has 0 aliphatic rings. The number of hydrogen-bond acceptors (Lipinski definition) is 4. The Morgan fingerprint density at radius 1 is 0.871 bits per heavy atom. The number of benzene rings is 2. The summed E-state index contributed by atoms with van der Waals surface area (Å²) in [4.78, 5) is 7.99. The average Bonchev–Trinajstić information content (AvgIpc) is 2.75. The first kappa shape index (κ1) is 22.6.